The van der Waals surface area contributed by atoms with E-state index in [1.807, 2.05) is 104 Å². The maximum atomic E-state index is 14.4. The largest absolute Gasteiger partial charge is 0.457 e. The van der Waals surface area contributed by atoms with E-state index in [1.54, 1.807) is 34.0 Å². The summed E-state index contributed by atoms with van der Waals surface area (Å²) in [6.45, 7) is 3.07. The van der Waals surface area contributed by atoms with Crippen molar-refractivity contribution in [1.82, 2.24) is 14.6 Å². The SMILES string of the molecule is CC1(CC(O)c2ccccc2)CN(c2ccc(Oc3ccccc3)cc2)CCN1S(=O)(=O)c1cccc2cccnc12.NC(=O)NC=O. The second-order valence-electron chi connectivity index (χ2n) is 11.5. The van der Waals surface area contributed by atoms with Crippen LogP contribution in [-0.4, -0.2) is 60.4 Å². The molecule has 0 spiro atoms. The fraction of sp³-hybridized carbons (Fsp3) is 0.194. The molecule has 4 N–H and O–H groups in total. The van der Waals surface area contributed by atoms with Gasteiger partial charge in [-0.3, -0.25) is 15.1 Å². The molecule has 3 amide bonds. The Morgan fingerprint density at radius 1 is 0.938 bits per heavy atom. The molecule has 1 aliphatic heterocycles. The standard InChI is InChI=1S/C34H33N3O4S.C2H4N2O2/c1-34(24-31(38)26-10-4-2-5-11-26)25-36(28-17-19-30(20-18-28)41-29-14-6-3-7-15-29)22-23-37(34)42(39,40)32-16-8-12-27-13-9-21-35-33(27)32;3-2(6)4-1-5/h2-21,31,38H,22-25H2,1H3;1H,(H3,3,4,5,6). The number of carbonyl (C=O) groups is 2. The number of aliphatic hydroxyl groups is 1. The number of nitrogens with two attached hydrogens (primary N) is 1. The number of nitrogens with one attached hydrogen (secondary N) is 1. The zero-order valence-corrected chi connectivity index (χ0v) is 27.2. The summed E-state index contributed by atoms with van der Waals surface area (Å²) in [5.74, 6) is 1.48. The number of nitrogens with zero attached hydrogens (tertiary/aromatic N) is 3. The van der Waals surface area contributed by atoms with E-state index >= 15 is 0 Å². The van der Waals surface area contributed by atoms with Gasteiger partial charge in [0.25, 0.3) is 0 Å². The first-order valence-electron chi connectivity index (χ1n) is 15.3. The van der Waals surface area contributed by atoms with E-state index in [9.17, 15) is 23.1 Å². The van der Waals surface area contributed by atoms with Crippen molar-refractivity contribution in [3.05, 3.63) is 127 Å². The lowest BCUT2D eigenvalue weighted by Gasteiger charge is -2.49. The number of rotatable bonds is 9. The van der Waals surface area contributed by atoms with Gasteiger partial charge in [-0.05, 0) is 67.4 Å². The molecule has 4 aromatic carbocycles. The van der Waals surface area contributed by atoms with E-state index in [1.165, 1.54) is 0 Å². The van der Waals surface area contributed by atoms with Gasteiger partial charge in [-0.15, -0.1) is 0 Å². The lowest BCUT2D eigenvalue weighted by atomic mass is 9.88. The maximum Gasteiger partial charge on any atom is 0.318 e. The number of fused-ring (bicyclic) bond motifs is 1. The van der Waals surface area contributed by atoms with E-state index in [0.717, 1.165) is 28.1 Å². The number of primary amides is 1. The lowest BCUT2D eigenvalue weighted by molar-refractivity contribution is -0.108. The number of sulfonamides is 1. The van der Waals surface area contributed by atoms with Gasteiger partial charge in [-0.2, -0.15) is 4.31 Å². The highest BCUT2D eigenvalue weighted by molar-refractivity contribution is 7.89. The Labute approximate surface area is 279 Å². The monoisotopic (exact) mass is 667 g/mol. The highest BCUT2D eigenvalue weighted by atomic mass is 32.2. The van der Waals surface area contributed by atoms with Crippen molar-refractivity contribution in [2.45, 2.75) is 29.9 Å². The number of aliphatic hydroxyl groups excluding tert-OH is 1. The van der Waals surface area contributed by atoms with Crippen LogP contribution in [0.1, 0.15) is 25.0 Å². The van der Waals surface area contributed by atoms with Crippen LogP contribution >= 0.6 is 0 Å². The number of piperazine rings is 1. The second-order valence-corrected chi connectivity index (χ2v) is 13.3. The van der Waals surface area contributed by atoms with Crippen molar-refractivity contribution in [3.63, 3.8) is 0 Å². The molecule has 1 fully saturated rings. The Bertz CT molecular complexity index is 1940. The molecule has 0 radical (unpaired) electrons. The summed E-state index contributed by atoms with van der Waals surface area (Å²) in [6, 6.07) is 34.9. The van der Waals surface area contributed by atoms with Crippen LogP contribution in [0, 0.1) is 0 Å². The molecule has 1 aromatic heterocycles. The number of amides is 3. The van der Waals surface area contributed by atoms with Gasteiger partial charge >= 0.3 is 6.03 Å². The third kappa shape index (κ3) is 7.97. The first-order chi connectivity index (χ1) is 23.1. The summed E-state index contributed by atoms with van der Waals surface area (Å²) in [4.78, 5) is 25.5. The van der Waals surface area contributed by atoms with Crippen LogP contribution in [0.2, 0.25) is 0 Å². The summed E-state index contributed by atoms with van der Waals surface area (Å²) < 4.78 is 36.3. The van der Waals surface area contributed by atoms with Crippen molar-refractivity contribution in [2.75, 3.05) is 24.5 Å². The molecule has 5 aromatic rings. The number of para-hydroxylation sites is 2. The number of anilines is 1. The molecule has 248 valence electrons. The third-order valence-electron chi connectivity index (χ3n) is 8.07. The predicted octanol–water partition coefficient (Wildman–Crippen LogP) is 5.23. The van der Waals surface area contributed by atoms with Crippen LogP contribution < -0.4 is 20.7 Å². The number of imide groups is 1. The summed E-state index contributed by atoms with van der Waals surface area (Å²) in [6.07, 6.45) is 1.21. The Kier molecular flexibility index (Phi) is 10.7. The van der Waals surface area contributed by atoms with E-state index in [2.05, 4.69) is 15.6 Å². The molecule has 2 atom stereocenters. The van der Waals surface area contributed by atoms with Gasteiger partial charge in [-0.1, -0.05) is 66.7 Å². The van der Waals surface area contributed by atoms with Gasteiger partial charge in [0.1, 0.15) is 16.4 Å². The normalized spacial score (nSPS) is 17.1. The van der Waals surface area contributed by atoms with Gasteiger partial charge in [0, 0.05) is 36.9 Å². The minimum Gasteiger partial charge on any atom is -0.457 e. The minimum absolute atomic E-state index is 0.178. The summed E-state index contributed by atoms with van der Waals surface area (Å²) >= 11 is 0. The van der Waals surface area contributed by atoms with Crippen molar-refractivity contribution in [3.8, 4) is 11.5 Å². The fourth-order valence-electron chi connectivity index (χ4n) is 5.87. The van der Waals surface area contributed by atoms with Crippen molar-refractivity contribution >= 4 is 39.1 Å². The average Bonchev–Trinajstić information content (AvgIpc) is 3.09. The first kappa shape index (κ1) is 34.0. The number of hydrogen-bond acceptors (Lipinski definition) is 8. The highest BCUT2D eigenvalue weighted by Crippen LogP contribution is 2.38. The minimum atomic E-state index is -3.96. The molecular weight excluding hydrogens is 630 g/mol. The molecule has 0 aliphatic carbocycles. The zero-order chi connectivity index (χ0) is 34.1. The van der Waals surface area contributed by atoms with Crippen molar-refractivity contribution in [1.29, 1.82) is 0 Å². The Balaban J connectivity index is 0.000000689. The molecular formula is C36H37N5O6S. The Hall–Kier alpha value is -5.30. The van der Waals surface area contributed by atoms with Gasteiger partial charge in [0.05, 0.1) is 17.2 Å². The molecule has 48 heavy (non-hydrogen) atoms. The quantitative estimate of drug-likeness (QED) is 0.181. The van der Waals surface area contributed by atoms with E-state index < -0.39 is 27.7 Å². The van der Waals surface area contributed by atoms with Crippen LogP contribution in [0.5, 0.6) is 11.5 Å². The number of hydrogen-bond donors (Lipinski definition) is 3. The van der Waals surface area contributed by atoms with Gasteiger partial charge in [-0.25, -0.2) is 13.2 Å². The van der Waals surface area contributed by atoms with Gasteiger partial charge in [0.15, 0.2) is 0 Å². The average molecular weight is 668 g/mol. The van der Waals surface area contributed by atoms with Crippen LogP contribution in [0.25, 0.3) is 10.9 Å². The second kappa shape index (κ2) is 15.1. The smallest absolute Gasteiger partial charge is 0.318 e. The third-order valence-corrected chi connectivity index (χ3v) is 10.2. The number of pyridine rings is 1. The summed E-state index contributed by atoms with van der Waals surface area (Å²) in [5, 5.41) is 13.8. The van der Waals surface area contributed by atoms with E-state index in [-0.39, 0.29) is 24.3 Å². The van der Waals surface area contributed by atoms with E-state index in [4.69, 9.17) is 4.74 Å². The number of ether oxygens (including phenoxy) is 1. The zero-order valence-electron chi connectivity index (χ0n) is 26.3. The molecule has 1 aliphatic rings. The summed E-state index contributed by atoms with van der Waals surface area (Å²) in [5.41, 5.74) is 5.65. The van der Waals surface area contributed by atoms with Gasteiger partial charge < -0.3 is 20.5 Å². The molecule has 0 saturated carbocycles. The number of aromatic nitrogens is 1. The van der Waals surface area contributed by atoms with Gasteiger partial charge in [0.2, 0.25) is 16.4 Å². The molecule has 1 saturated heterocycles. The Morgan fingerprint density at radius 2 is 1.58 bits per heavy atom. The highest BCUT2D eigenvalue weighted by Gasteiger charge is 2.46. The van der Waals surface area contributed by atoms with Crippen LogP contribution in [-0.2, 0) is 14.8 Å². The van der Waals surface area contributed by atoms with E-state index in [0.29, 0.717) is 18.6 Å². The number of benzene rings is 4. The van der Waals surface area contributed by atoms with Crippen LogP contribution in [0.3, 0.4) is 0 Å². The summed E-state index contributed by atoms with van der Waals surface area (Å²) in [7, 11) is -3.96. The molecule has 2 unspecified atom stereocenters. The van der Waals surface area contributed by atoms with Crippen LogP contribution in [0.15, 0.2) is 126 Å². The fourth-order valence-corrected chi connectivity index (χ4v) is 7.81. The maximum absolute atomic E-state index is 14.4. The van der Waals surface area contributed by atoms with Crippen molar-refractivity contribution < 1.29 is 27.9 Å². The van der Waals surface area contributed by atoms with Crippen molar-refractivity contribution in [2.24, 2.45) is 5.73 Å². The lowest BCUT2D eigenvalue weighted by Crippen LogP contribution is -2.63. The van der Waals surface area contributed by atoms with Crippen LogP contribution in [0.4, 0.5) is 10.5 Å². The topological polar surface area (TPSA) is 155 Å². The Morgan fingerprint density at radius 3 is 2.23 bits per heavy atom. The molecule has 6 rings (SSSR count). The predicted molar refractivity (Wildman–Crippen MR) is 184 cm³/mol. The number of carbonyl (C=O) groups excluding carboxylic acids is 2. The molecule has 12 heteroatoms. The molecule has 0 bridgehead atoms. The molecule has 2 heterocycles. The first-order valence-corrected chi connectivity index (χ1v) is 16.7. The number of urea groups is 1. The molecule has 11 nitrogen and oxygen atoms in total.